The van der Waals surface area contributed by atoms with E-state index in [1.54, 1.807) is 11.3 Å². The molecule has 0 atom stereocenters. The van der Waals surface area contributed by atoms with Gasteiger partial charge in [0.15, 0.2) is 0 Å². The molecule has 74 valence electrons. The van der Waals surface area contributed by atoms with E-state index in [0.29, 0.717) is 0 Å². The van der Waals surface area contributed by atoms with Crippen LogP contribution in [0.25, 0.3) is 10.2 Å². The lowest BCUT2D eigenvalue weighted by atomic mass is 10.1. The number of hydrogen-bond acceptors (Lipinski definition) is 1. The fourth-order valence-corrected chi connectivity index (χ4v) is 2.62. The number of fused-ring (bicyclic) bond motifs is 1. The molecule has 1 N–H and O–H groups in total. The lowest BCUT2D eigenvalue weighted by molar-refractivity contribution is 1.12. The topological polar surface area (TPSA) is 15.8 Å². The highest BCUT2D eigenvalue weighted by molar-refractivity contribution is 7.17. The number of hydrogen-bond donors (Lipinski definition) is 1. The highest BCUT2D eigenvalue weighted by Crippen LogP contribution is 2.22. The first-order valence-electron chi connectivity index (χ1n) is 5.01. The molecule has 0 amide bonds. The minimum atomic E-state index is 0.988. The zero-order valence-corrected chi connectivity index (χ0v) is 9.05. The maximum atomic E-state index is 3.43. The predicted molar refractivity (Wildman–Crippen MR) is 65.4 cm³/mol. The SMILES string of the molecule is c1ccc(Cc2cc3sccc3[nH]2)cc1. The zero-order chi connectivity index (χ0) is 10.1. The van der Waals surface area contributed by atoms with E-state index in [2.05, 4.69) is 52.8 Å². The highest BCUT2D eigenvalue weighted by atomic mass is 32.1. The van der Waals surface area contributed by atoms with Crippen LogP contribution in [0.2, 0.25) is 0 Å². The summed E-state index contributed by atoms with van der Waals surface area (Å²) in [6.07, 6.45) is 0.988. The molecule has 0 unspecified atom stereocenters. The summed E-state index contributed by atoms with van der Waals surface area (Å²) < 4.78 is 1.35. The Hall–Kier alpha value is -1.54. The number of aromatic amines is 1. The van der Waals surface area contributed by atoms with Crippen molar-refractivity contribution in [2.45, 2.75) is 6.42 Å². The van der Waals surface area contributed by atoms with Crippen molar-refractivity contribution in [3.8, 4) is 0 Å². The third-order valence-electron chi connectivity index (χ3n) is 2.53. The first-order valence-corrected chi connectivity index (χ1v) is 5.89. The van der Waals surface area contributed by atoms with E-state index < -0.39 is 0 Å². The van der Waals surface area contributed by atoms with Crippen LogP contribution >= 0.6 is 11.3 Å². The summed E-state index contributed by atoms with van der Waals surface area (Å²) in [6, 6.07) is 14.9. The van der Waals surface area contributed by atoms with E-state index in [1.165, 1.54) is 21.5 Å². The summed E-state index contributed by atoms with van der Waals surface area (Å²) in [7, 11) is 0. The Morgan fingerprint density at radius 1 is 1.07 bits per heavy atom. The largest absolute Gasteiger partial charge is 0.357 e. The molecule has 2 aromatic heterocycles. The van der Waals surface area contributed by atoms with Crippen molar-refractivity contribution in [2.75, 3.05) is 0 Å². The Balaban J connectivity index is 1.93. The molecule has 0 aliphatic rings. The van der Waals surface area contributed by atoms with Crippen molar-refractivity contribution in [1.82, 2.24) is 4.98 Å². The third-order valence-corrected chi connectivity index (χ3v) is 3.40. The van der Waals surface area contributed by atoms with Crippen molar-refractivity contribution in [3.63, 3.8) is 0 Å². The molecule has 0 aliphatic carbocycles. The molecule has 0 saturated carbocycles. The highest BCUT2D eigenvalue weighted by Gasteiger charge is 2.01. The normalized spacial score (nSPS) is 10.9. The zero-order valence-electron chi connectivity index (χ0n) is 8.23. The van der Waals surface area contributed by atoms with Crippen LogP contribution in [0.1, 0.15) is 11.3 Å². The summed E-state index contributed by atoms with van der Waals surface area (Å²) >= 11 is 1.79. The summed E-state index contributed by atoms with van der Waals surface area (Å²) in [5.41, 5.74) is 3.90. The van der Waals surface area contributed by atoms with Gasteiger partial charge in [-0.3, -0.25) is 0 Å². The molecule has 2 heteroatoms. The average molecular weight is 213 g/mol. The molecule has 3 rings (SSSR count). The Bertz CT molecular complexity index is 534. The minimum absolute atomic E-state index is 0.988. The van der Waals surface area contributed by atoms with E-state index in [9.17, 15) is 0 Å². The van der Waals surface area contributed by atoms with Gasteiger partial charge in [-0.15, -0.1) is 11.3 Å². The molecule has 0 radical (unpaired) electrons. The van der Waals surface area contributed by atoms with Gasteiger partial charge in [-0.2, -0.15) is 0 Å². The van der Waals surface area contributed by atoms with Crippen LogP contribution in [-0.2, 0) is 6.42 Å². The lowest BCUT2D eigenvalue weighted by Crippen LogP contribution is -1.86. The summed E-state index contributed by atoms with van der Waals surface area (Å²) in [4.78, 5) is 3.43. The fourth-order valence-electron chi connectivity index (χ4n) is 1.81. The molecular weight excluding hydrogens is 202 g/mol. The van der Waals surface area contributed by atoms with Gasteiger partial charge in [0.25, 0.3) is 0 Å². The van der Waals surface area contributed by atoms with Gasteiger partial charge < -0.3 is 4.98 Å². The number of nitrogens with one attached hydrogen (secondary N) is 1. The van der Waals surface area contributed by atoms with Crippen LogP contribution in [0.3, 0.4) is 0 Å². The van der Waals surface area contributed by atoms with E-state index in [0.717, 1.165) is 6.42 Å². The van der Waals surface area contributed by atoms with Gasteiger partial charge in [-0.1, -0.05) is 30.3 Å². The van der Waals surface area contributed by atoms with Crippen molar-refractivity contribution in [1.29, 1.82) is 0 Å². The van der Waals surface area contributed by atoms with Gasteiger partial charge in [0.05, 0.1) is 10.2 Å². The van der Waals surface area contributed by atoms with Gasteiger partial charge in [0.2, 0.25) is 0 Å². The first-order chi connectivity index (χ1) is 7.42. The van der Waals surface area contributed by atoms with Crippen molar-refractivity contribution >= 4 is 21.6 Å². The van der Waals surface area contributed by atoms with E-state index in [-0.39, 0.29) is 0 Å². The fraction of sp³-hybridized carbons (Fsp3) is 0.0769. The minimum Gasteiger partial charge on any atom is -0.357 e. The standard InChI is InChI=1S/C13H11NS/c1-2-4-10(5-3-1)8-11-9-13-12(14-11)6-7-15-13/h1-7,9,14H,8H2. The van der Waals surface area contributed by atoms with Crippen molar-refractivity contribution in [3.05, 3.63) is 59.1 Å². The monoisotopic (exact) mass is 213 g/mol. The van der Waals surface area contributed by atoms with Crippen molar-refractivity contribution in [2.24, 2.45) is 0 Å². The van der Waals surface area contributed by atoms with E-state index in [1.807, 2.05) is 0 Å². The summed E-state index contributed by atoms with van der Waals surface area (Å²) in [5, 5.41) is 2.12. The number of thiophene rings is 1. The Labute approximate surface area is 92.4 Å². The van der Waals surface area contributed by atoms with Gasteiger partial charge in [0.1, 0.15) is 0 Å². The van der Waals surface area contributed by atoms with Crippen LogP contribution in [0.5, 0.6) is 0 Å². The van der Waals surface area contributed by atoms with Gasteiger partial charge in [-0.25, -0.2) is 0 Å². The summed E-state index contributed by atoms with van der Waals surface area (Å²) in [6.45, 7) is 0. The molecule has 1 aromatic carbocycles. The molecule has 3 aromatic rings. The first kappa shape index (κ1) is 8.74. The second-order valence-electron chi connectivity index (χ2n) is 3.66. The molecule has 0 saturated heterocycles. The van der Waals surface area contributed by atoms with Crippen LogP contribution in [0.15, 0.2) is 47.8 Å². The molecule has 1 nitrogen and oxygen atoms in total. The molecular formula is C13H11NS. The predicted octanol–water partition coefficient (Wildman–Crippen LogP) is 3.82. The van der Waals surface area contributed by atoms with Crippen LogP contribution in [0, 0.1) is 0 Å². The van der Waals surface area contributed by atoms with E-state index in [4.69, 9.17) is 0 Å². The van der Waals surface area contributed by atoms with Gasteiger partial charge >= 0.3 is 0 Å². The second kappa shape index (κ2) is 3.55. The lowest BCUT2D eigenvalue weighted by Gasteiger charge is -1.97. The molecule has 15 heavy (non-hydrogen) atoms. The number of H-pyrrole nitrogens is 1. The molecule has 2 heterocycles. The number of rotatable bonds is 2. The van der Waals surface area contributed by atoms with Gasteiger partial charge in [0, 0.05) is 12.1 Å². The smallest absolute Gasteiger partial charge is 0.0565 e. The quantitative estimate of drug-likeness (QED) is 0.666. The maximum Gasteiger partial charge on any atom is 0.0565 e. The molecule has 0 aliphatic heterocycles. The van der Waals surface area contributed by atoms with Crippen LogP contribution < -0.4 is 0 Å². The molecule has 0 bridgehead atoms. The Morgan fingerprint density at radius 3 is 2.73 bits per heavy atom. The Kier molecular flexibility index (Phi) is 2.07. The van der Waals surface area contributed by atoms with E-state index >= 15 is 0 Å². The number of aromatic nitrogens is 1. The second-order valence-corrected chi connectivity index (χ2v) is 4.60. The van der Waals surface area contributed by atoms with Crippen molar-refractivity contribution < 1.29 is 0 Å². The Morgan fingerprint density at radius 2 is 1.93 bits per heavy atom. The number of benzene rings is 1. The summed E-state index contributed by atoms with van der Waals surface area (Å²) in [5.74, 6) is 0. The third kappa shape index (κ3) is 1.68. The average Bonchev–Trinajstić information content (AvgIpc) is 2.79. The van der Waals surface area contributed by atoms with Crippen LogP contribution in [0.4, 0.5) is 0 Å². The van der Waals surface area contributed by atoms with Crippen LogP contribution in [-0.4, -0.2) is 4.98 Å². The molecule has 0 fully saturated rings. The maximum absolute atomic E-state index is 3.43. The molecule has 0 spiro atoms. The van der Waals surface area contributed by atoms with Gasteiger partial charge in [-0.05, 0) is 23.1 Å².